The minimum atomic E-state index is -0.133. The largest absolute Gasteiger partial charge is 0.495 e. The van der Waals surface area contributed by atoms with Gasteiger partial charge in [0.05, 0.1) is 35.6 Å². The summed E-state index contributed by atoms with van der Waals surface area (Å²) in [5, 5.41) is 4.73. The first-order valence-electron chi connectivity index (χ1n) is 12.5. The topological polar surface area (TPSA) is 42.3 Å². The number of hydrogen-bond acceptors (Lipinski definition) is 3. The molecule has 0 saturated carbocycles. The number of aryl methyl sites for hydroxylation is 3. The molecule has 0 bridgehead atoms. The molecule has 4 aromatic rings. The van der Waals surface area contributed by atoms with E-state index in [9.17, 15) is 0 Å². The fourth-order valence-corrected chi connectivity index (χ4v) is 6.11. The van der Waals surface area contributed by atoms with Crippen molar-refractivity contribution in [2.45, 2.75) is 46.2 Å². The number of benzene rings is 2. The van der Waals surface area contributed by atoms with Crippen LogP contribution < -0.4 is 15.0 Å². The maximum Gasteiger partial charge on any atom is 0.174 e. The molecule has 7 heteroatoms. The molecule has 1 aliphatic rings. The smallest absolute Gasteiger partial charge is 0.174 e. The zero-order valence-electron chi connectivity index (χ0n) is 21.7. The predicted octanol–water partition coefficient (Wildman–Crippen LogP) is 7.20. The Morgan fingerprint density at radius 1 is 1.05 bits per heavy atom. The third-order valence-electron chi connectivity index (χ3n) is 7.23. The van der Waals surface area contributed by atoms with E-state index in [1.165, 1.54) is 33.8 Å². The Hall–Kier alpha value is -3.35. The van der Waals surface area contributed by atoms with Crippen LogP contribution in [0.4, 0.5) is 5.69 Å². The van der Waals surface area contributed by atoms with Gasteiger partial charge in [-0.15, -0.1) is 0 Å². The first-order chi connectivity index (χ1) is 17.8. The highest BCUT2D eigenvalue weighted by atomic mass is 35.5. The van der Waals surface area contributed by atoms with Gasteiger partial charge in [0.1, 0.15) is 5.75 Å². The van der Waals surface area contributed by atoms with Crippen LogP contribution in [0.25, 0.3) is 5.69 Å². The standard InChI is InChI=1S/C30H31ClN4OS/c1-6-21-11-9-10-18(2)28(21)34-19(3)16-23(20(34)4)29-27(25-12-7-8-15-32-25)33-30(37)35(29)22-13-14-26(36-5)24(31)17-22/h7-17,27,29H,6H2,1-5H3,(H,33,37)/t27-,29+/m0/s1. The molecular weight excluding hydrogens is 500 g/mol. The Morgan fingerprint density at radius 3 is 2.54 bits per heavy atom. The quantitative estimate of drug-likeness (QED) is 0.267. The maximum absolute atomic E-state index is 6.56. The molecule has 0 aliphatic carbocycles. The number of ether oxygens (including phenoxy) is 1. The number of aromatic nitrogens is 2. The molecule has 1 aliphatic heterocycles. The molecule has 1 N–H and O–H groups in total. The van der Waals surface area contributed by atoms with Gasteiger partial charge in [0, 0.05) is 23.3 Å². The number of methoxy groups -OCH3 is 1. The second-order valence-corrected chi connectivity index (χ2v) is 10.2. The molecular formula is C30H31ClN4OS. The minimum absolute atomic E-state index is 0.124. The van der Waals surface area contributed by atoms with Gasteiger partial charge in [0.2, 0.25) is 0 Å². The maximum atomic E-state index is 6.56. The van der Waals surface area contributed by atoms with Crippen molar-refractivity contribution in [2.24, 2.45) is 0 Å². The fraction of sp³-hybridized carbons (Fsp3) is 0.267. The number of halogens is 1. The predicted molar refractivity (Wildman–Crippen MR) is 155 cm³/mol. The van der Waals surface area contributed by atoms with Crippen molar-refractivity contribution in [1.82, 2.24) is 14.9 Å². The van der Waals surface area contributed by atoms with E-state index in [4.69, 9.17) is 33.5 Å². The van der Waals surface area contributed by atoms with Gasteiger partial charge in [-0.25, -0.2) is 0 Å². The molecule has 190 valence electrons. The number of rotatable bonds is 6. The van der Waals surface area contributed by atoms with E-state index in [2.05, 4.69) is 66.7 Å². The normalized spacial score (nSPS) is 17.2. The average molecular weight is 531 g/mol. The highest BCUT2D eigenvalue weighted by Gasteiger charge is 2.42. The highest BCUT2D eigenvalue weighted by Crippen LogP contribution is 2.45. The third-order valence-corrected chi connectivity index (χ3v) is 7.84. The van der Waals surface area contributed by atoms with Crippen LogP contribution in [-0.2, 0) is 6.42 Å². The van der Waals surface area contributed by atoms with Gasteiger partial charge in [-0.1, -0.05) is 42.8 Å². The Morgan fingerprint density at radius 2 is 1.86 bits per heavy atom. The Kier molecular flexibility index (Phi) is 6.97. The van der Waals surface area contributed by atoms with Crippen LogP contribution in [0.2, 0.25) is 5.02 Å². The van der Waals surface area contributed by atoms with E-state index in [0.717, 1.165) is 17.8 Å². The second kappa shape index (κ2) is 10.2. The molecule has 0 unspecified atom stereocenters. The number of pyridine rings is 1. The zero-order chi connectivity index (χ0) is 26.3. The highest BCUT2D eigenvalue weighted by molar-refractivity contribution is 7.80. The van der Waals surface area contributed by atoms with Crippen LogP contribution >= 0.6 is 23.8 Å². The van der Waals surface area contributed by atoms with E-state index in [0.29, 0.717) is 15.9 Å². The summed E-state index contributed by atoms with van der Waals surface area (Å²) < 4.78 is 7.79. The number of thiocarbonyl (C=S) groups is 1. The van der Waals surface area contributed by atoms with E-state index >= 15 is 0 Å². The summed E-state index contributed by atoms with van der Waals surface area (Å²) in [6.45, 7) is 8.76. The minimum Gasteiger partial charge on any atom is -0.495 e. The van der Waals surface area contributed by atoms with Crippen LogP contribution in [0.1, 0.15) is 52.8 Å². The van der Waals surface area contributed by atoms with Crippen LogP contribution in [0.3, 0.4) is 0 Å². The van der Waals surface area contributed by atoms with Crippen molar-refractivity contribution in [3.8, 4) is 11.4 Å². The number of para-hydroxylation sites is 1. The molecule has 5 rings (SSSR count). The van der Waals surface area contributed by atoms with Gasteiger partial charge in [0.15, 0.2) is 5.11 Å². The van der Waals surface area contributed by atoms with Crippen molar-refractivity contribution in [1.29, 1.82) is 0 Å². The SMILES string of the molecule is CCc1cccc(C)c1-n1c(C)cc([C@@H]2[C@H](c3ccccn3)NC(=S)N2c2ccc(OC)c(Cl)c2)c1C. The number of anilines is 1. The van der Waals surface area contributed by atoms with Crippen molar-refractivity contribution in [2.75, 3.05) is 12.0 Å². The lowest BCUT2D eigenvalue weighted by molar-refractivity contribution is 0.415. The zero-order valence-corrected chi connectivity index (χ0v) is 23.3. The molecule has 0 amide bonds. The molecule has 1 fully saturated rings. The lowest BCUT2D eigenvalue weighted by atomic mass is 9.96. The summed E-state index contributed by atoms with van der Waals surface area (Å²) in [4.78, 5) is 6.86. The first-order valence-corrected chi connectivity index (χ1v) is 13.3. The monoisotopic (exact) mass is 530 g/mol. The van der Waals surface area contributed by atoms with Crippen molar-refractivity contribution < 1.29 is 4.74 Å². The van der Waals surface area contributed by atoms with Gasteiger partial charge in [-0.2, -0.15) is 0 Å². The Bertz CT molecular complexity index is 1470. The van der Waals surface area contributed by atoms with Crippen molar-refractivity contribution in [3.63, 3.8) is 0 Å². The molecule has 0 radical (unpaired) electrons. The van der Waals surface area contributed by atoms with Gasteiger partial charge in [0.25, 0.3) is 0 Å². The van der Waals surface area contributed by atoms with E-state index in [1.54, 1.807) is 7.11 Å². The molecule has 0 spiro atoms. The summed E-state index contributed by atoms with van der Waals surface area (Å²) >= 11 is 12.5. The van der Waals surface area contributed by atoms with Crippen molar-refractivity contribution >= 4 is 34.6 Å². The lowest BCUT2D eigenvalue weighted by Gasteiger charge is -2.28. The fourth-order valence-electron chi connectivity index (χ4n) is 5.51. The van der Waals surface area contributed by atoms with Crippen LogP contribution in [0.5, 0.6) is 5.75 Å². The number of nitrogens with one attached hydrogen (secondary N) is 1. The summed E-state index contributed by atoms with van der Waals surface area (Å²) in [5.41, 5.74) is 9.24. The summed E-state index contributed by atoms with van der Waals surface area (Å²) in [6, 6.07) is 20.4. The van der Waals surface area contributed by atoms with Crippen molar-refractivity contribution in [3.05, 3.63) is 106 Å². The summed E-state index contributed by atoms with van der Waals surface area (Å²) in [6.07, 6.45) is 2.79. The molecule has 2 atom stereocenters. The van der Waals surface area contributed by atoms with Crippen LogP contribution in [0, 0.1) is 20.8 Å². The van der Waals surface area contributed by atoms with Crippen LogP contribution in [0.15, 0.2) is 66.9 Å². The van der Waals surface area contributed by atoms with E-state index in [1.807, 2.05) is 42.6 Å². The van der Waals surface area contributed by atoms with E-state index < -0.39 is 0 Å². The molecule has 37 heavy (non-hydrogen) atoms. The molecule has 5 nitrogen and oxygen atoms in total. The number of hydrogen-bond donors (Lipinski definition) is 1. The average Bonchev–Trinajstić information content (AvgIpc) is 3.39. The number of nitrogens with zero attached hydrogens (tertiary/aromatic N) is 3. The van der Waals surface area contributed by atoms with Gasteiger partial charge in [-0.05, 0) is 92.5 Å². The van der Waals surface area contributed by atoms with Gasteiger partial charge < -0.3 is 19.5 Å². The van der Waals surface area contributed by atoms with Gasteiger partial charge >= 0.3 is 0 Å². The van der Waals surface area contributed by atoms with E-state index in [-0.39, 0.29) is 12.1 Å². The third kappa shape index (κ3) is 4.38. The first kappa shape index (κ1) is 25.3. The lowest BCUT2D eigenvalue weighted by Crippen LogP contribution is -2.29. The Balaban J connectivity index is 1.71. The molecule has 2 aromatic heterocycles. The molecule has 1 saturated heterocycles. The Labute approximate surface area is 229 Å². The molecule has 3 heterocycles. The molecule has 2 aromatic carbocycles. The van der Waals surface area contributed by atoms with Gasteiger partial charge in [-0.3, -0.25) is 4.98 Å². The summed E-state index contributed by atoms with van der Waals surface area (Å²) in [5.74, 6) is 0.631. The van der Waals surface area contributed by atoms with Crippen LogP contribution in [-0.4, -0.2) is 21.8 Å². The summed E-state index contributed by atoms with van der Waals surface area (Å²) in [7, 11) is 1.62. The second-order valence-electron chi connectivity index (χ2n) is 9.41.